The summed E-state index contributed by atoms with van der Waals surface area (Å²) in [4.78, 5) is 4.60. The number of nitrogens with zero attached hydrogens (tertiary/aromatic N) is 4. The van der Waals surface area contributed by atoms with Gasteiger partial charge in [-0.15, -0.1) is 10.2 Å². The zero-order valence-electron chi connectivity index (χ0n) is 16.1. The third kappa shape index (κ3) is 8.31. The van der Waals surface area contributed by atoms with Gasteiger partial charge < -0.3 is 15.2 Å². The number of unbranched alkanes of at least 4 members (excludes halogenated alkanes) is 7. The van der Waals surface area contributed by atoms with Crippen LogP contribution in [0.1, 0.15) is 76.9 Å². The molecule has 0 radical (unpaired) electrons. The van der Waals surface area contributed by atoms with Gasteiger partial charge in [-0.25, -0.2) is 4.99 Å². The molecule has 0 saturated carbocycles. The van der Waals surface area contributed by atoms with E-state index in [1.165, 1.54) is 51.4 Å². The van der Waals surface area contributed by atoms with Gasteiger partial charge in [0.15, 0.2) is 11.8 Å². The van der Waals surface area contributed by atoms with Gasteiger partial charge in [-0.3, -0.25) is 0 Å². The SMILES string of the molecule is CCCCCCCCCCNC(=NCc1nnc(C)n1C)NCC. The Labute approximate surface area is 147 Å². The predicted octanol–water partition coefficient (Wildman–Crippen LogP) is 3.32. The van der Waals surface area contributed by atoms with Crippen LogP contribution in [0, 0.1) is 6.92 Å². The second-order valence-corrected chi connectivity index (χ2v) is 6.32. The van der Waals surface area contributed by atoms with E-state index in [0.29, 0.717) is 6.54 Å². The van der Waals surface area contributed by atoms with Gasteiger partial charge in [-0.2, -0.15) is 0 Å². The van der Waals surface area contributed by atoms with Crippen molar-refractivity contribution in [3.8, 4) is 0 Å². The third-order valence-electron chi connectivity index (χ3n) is 4.23. The van der Waals surface area contributed by atoms with Gasteiger partial charge >= 0.3 is 0 Å². The molecule has 1 aromatic rings. The minimum absolute atomic E-state index is 0.546. The predicted molar refractivity (Wildman–Crippen MR) is 101 cm³/mol. The van der Waals surface area contributed by atoms with Crippen LogP contribution in [0.25, 0.3) is 0 Å². The van der Waals surface area contributed by atoms with Gasteiger partial charge in [0, 0.05) is 20.1 Å². The first-order valence-corrected chi connectivity index (χ1v) is 9.56. The molecule has 1 rings (SSSR count). The minimum atomic E-state index is 0.546. The number of hydrogen-bond donors (Lipinski definition) is 2. The molecule has 0 atom stereocenters. The maximum absolute atomic E-state index is 4.60. The van der Waals surface area contributed by atoms with Crippen molar-refractivity contribution in [1.82, 2.24) is 25.4 Å². The monoisotopic (exact) mass is 336 g/mol. The first kappa shape index (κ1) is 20.5. The zero-order valence-corrected chi connectivity index (χ0v) is 16.1. The normalized spacial score (nSPS) is 11.8. The van der Waals surface area contributed by atoms with Gasteiger partial charge in [0.05, 0.1) is 0 Å². The second kappa shape index (κ2) is 12.8. The fraction of sp³-hybridized carbons (Fsp3) is 0.833. The quantitative estimate of drug-likeness (QED) is 0.349. The first-order chi connectivity index (χ1) is 11.7. The molecule has 1 aromatic heterocycles. The number of aromatic nitrogens is 3. The van der Waals surface area contributed by atoms with Gasteiger partial charge in [0.1, 0.15) is 12.4 Å². The lowest BCUT2D eigenvalue weighted by molar-refractivity contribution is 0.571. The van der Waals surface area contributed by atoms with Crippen molar-refractivity contribution in [3.05, 3.63) is 11.6 Å². The van der Waals surface area contributed by atoms with E-state index >= 15 is 0 Å². The molecule has 6 heteroatoms. The van der Waals surface area contributed by atoms with Crippen LogP contribution in [0.2, 0.25) is 0 Å². The van der Waals surface area contributed by atoms with E-state index in [-0.39, 0.29) is 0 Å². The van der Waals surface area contributed by atoms with Crippen LogP contribution < -0.4 is 10.6 Å². The van der Waals surface area contributed by atoms with E-state index < -0.39 is 0 Å². The van der Waals surface area contributed by atoms with E-state index in [1.807, 2.05) is 18.5 Å². The molecular weight excluding hydrogens is 300 g/mol. The van der Waals surface area contributed by atoms with Crippen molar-refractivity contribution in [1.29, 1.82) is 0 Å². The number of nitrogens with one attached hydrogen (secondary N) is 2. The Morgan fingerprint density at radius 3 is 2.21 bits per heavy atom. The number of aliphatic imine (C=N–C) groups is 1. The van der Waals surface area contributed by atoms with Crippen molar-refractivity contribution in [2.45, 2.75) is 78.7 Å². The Hall–Kier alpha value is -1.59. The Balaban J connectivity index is 2.21. The Morgan fingerprint density at radius 2 is 1.62 bits per heavy atom. The van der Waals surface area contributed by atoms with E-state index in [2.05, 4.69) is 39.7 Å². The highest BCUT2D eigenvalue weighted by atomic mass is 15.3. The summed E-state index contributed by atoms with van der Waals surface area (Å²) in [5.41, 5.74) is 0. The molecule has 0 aliphatic carbocycles. The maximum atomic E-state index is 4.60. The molecule has 2 N–H and O–H groups in total. The molecule has 1 heterocycles. The lowest BCUT2D eigenvalue weighted by Gasteiger charge is -2.11. The van der Waals surface area contributed by atoms with Crippen LogP contribution in [-0.2, 0) is 13.6 Å². The fourth-order valence-corrected chi connectivity index (χ4v) is 2.55. The second-order valence-electron chi connectivity index (χ2n) is 6.32. The highest BCUT2D eigenvalue weighted by Crippen LogP contribution is 2.07. The smallest absolute Gasteiger partial charge is 0.191 e. The molecule has 0 saturated heterocycles. The van der Waals surface area contributed by atoms with Crippen molar-refractivity contribution in [2.75, 3.05) is 13.1 Å². The number of rotatable bonds is 12. The molecule has 6 nitrogen and oxygen atoms in total. The van der Waals surface area contributed by atoms with Crippen molar-refractivity contribution in [2.24, 2.45) is 12.0 Å². The Morgan fingerprint density at radius 1 is 0.958 bits per heavy atom. The highest BCUT2D eigenvalue weighted by Gasteiger charge is 2.04. The van der Waals surface area contributed by atoms with Gasteiger partial charge in [-0.1, -0.05) is 51.9 Å². The van der Waals surface area contributed by atoms with Crippen LogP contribution in [0.4, 0.5) is 0 Å². The summed E-state index contributed by atoms with van der Waals surface area (Å²) in [6, 6.07) is 0. The fourth-order valence-electron chi connectivity index (χ4n) is 2.55. The topological polar surface area (TPSA) is 67.1 Å². The molecular formula is C18H36N6. The molecule has 0 aromatic carbocycles. The van der Waals surface area contributed by atoms with E-state index in [1.54, 1.807) is 0 Å². The summed E-state index contributed by atoms with van der Waals surface area (Å²) >= 11 is 0. The summed E-state index contributed by atoms with van der Waals surface area (Å²) in [7, 11) is 1.97. The molecule has 0 amide bonds. The first-order valence-electron chi connectivity index (χ1n) is 9.56. The molecule has 0 fully saturated rings. The summed E-state index contributed by atoms with van der Waals surface area (Å²) in [6.07, 6.45) is 10.7. The Kier molecular flexibility index (Phi) is 10.9. The average molecular weight is 337 g/mol. The molecule has 0 spiro atoms. The third-order valence-corrected chi connectivity index (χ3v) is 4.23. The van der Waals surface area contributed by atoms with Crippen LogP contribution in [0.5, 0.6) is 0 Å². The van der Waals surface area contributed by atoms with Crippen molar-refractivity contribution >= 4 is 5.96 Å². The van der Waals surface area contributed by atoms with Crippen LogP contribution in [0.15, 0.2) is 4.99 Å². The number of hydrogen-bond acceptors (Lipinski definition) is 3. The van der Waals surface area contributed by atoms with E-state index in [0.717, 1.165) is 30.7 Å². The largest absolute Gasteiger partial charge is 0.357 e. The van der Waals surface area contributed by atoms with Crippen molar-refractivity contribution in [3.63, 3.8) is 0 Å². The minimum Gasteiger partial charge on any atom is -0.357 e. The lowest BCUT2D eigenvalue weighted by Crippen LogP contribution is -2.37. The maximum Gasteiger partial charge on any atom is 0.191 e. The summed E-state index contributed by atoms with van der Waals surface area (Å²) in [5.74, 6) is 2.66. The summed E-state index contributed by atoms with van der Waals surface area (Å²) < 4.78 is 1.98. The Bertz CT molecular complexity index is 466. The molecule has 0 aliphatic rings. The van der Waals surface area contributed by atoms with Crippen LogP contribution in [-0.4, -0.2) is 33.8 Å². The zero-order chi connectivity index (χ0) is 17.6. The molecule has 24 heavy (non-hydrogen) atoms. The molecule has 0 unspecified atom stereocenters. The summed E-state index contributed by atoms with van der Waals surface area (Å²) in [5, 5.41) is 14.9. The summed E-state index contributed by atoms with van der Waals surface area (Å²) in [6.45, 7) is 8.68. The molecule has 0 bridgehead atoms. The van der Waals surface area contributed by atoms with E-state index in [4.69, 9.17) is 0 Å². The number of aryl methyl sites for hydroxylation is 1. The number of guanidine groups is 1. The van der Waals surface area contributed by atoms with Crippen molar-refractivity contribution < 1.29 is 0 Å². The standard InChI is InChI=1S/C18H36N6/c1-5-7-8-9-10-11-12-13-14-20-18(19-6-2)21-15-17-23-22-16(3)24(17)4/h5-15H2,1-4H3,(H2,19,20,21). The van der Waals surface area contributed by atoms with Gasteiger partial charge in [0.2, 0.25) is 0 Å². The average Bonchev–Trinajstić information content (AvgIpc) is 2.90. The van der Waals surface area contributed by atoms with Crippen LogP contribution >= 0.6 is 0 Å². The lowest BCUT2D eigenvalue weighted by atomic mass is 10.1. The van der Waals surface area contributed by atoms with E-state index in [9.17, 15) is 0 Å². The van der Waals surface area contributed by atoms with Gasteiger partial charge in [-0.05, 0) is 20.3 Å². The van der Waals surface area contributed by atoms with Crippen LogP contribution in [0.3, 0.4) is 0 Å². The molecule has 138 valence electrons. The highest BCUT2D eigenvalue weighted by molar-refractivity contribution is 5.79. The molecule has 0 aliphatic heterocycles. The van der Waals surface area contributed by atoms with Gasteiger partial charge in [0.25, 0.3) is 0 Å².